The summed E-state index contributed by atoms with van der Waals surface area (Å²) in [7, 11) is 0. The molecular weight excluding hydrogens is 187 g/mol. The SMILES string of the molecule is CC(CN)SCCCC(F)(F)F. The van der Waals surface area contributed by atoms with Gasteiger partial charge in [0.25, 0.3) is 0 Å². The summed E-state index contributed by atoms with van der Waals surface area (Å²) in [5.74, 6) is 0.540. The lowest BCUT2D eigenvalue weighted by atomic mass is 10.3. The second kappa shape index (κ2) is 5.70. The van der Waals surface area contributed by atoms with Gasteiger partial charge in [0.1, 0.15) is 0 Å². The van der Waals surface area contributed by atoms with Gasteiger partial charge in [-0.15, -0.1) is 0 Å². The molecule has 0 saturated carbocycles. The lowest BCUT2D eigenvalue weighted by molar-refractivity contribution is -0.134. The third-order valence-electron chi connectivity index (χ3n) is 1.34. The maximum absolute atomic E-state index is 11.6. The summed E-state index contributed by atoms with van der Waals surface area (Å²) in [6.45, 7) is 2.44. The van der Waals surface area contributed by atoms with Crippen LogP contribution in [0.15, 0.2) is 0 Å². The Bertz CT molecular complexity index is 116. The van der Waals surface area contributed by atoms with Gasteiger partial charge in [-0.05, 0) is 12.2 Å². The standard InChI is InChI=1S/C7H14F3NS/c1-6(5-11)12-4-2-3-7(8,9)10/h6H,2-5,11H2,1H3. The quantitative estimate of drug-likeness (QED) is 0.691. The molecule has 1 atom stereocenters. The van der Waals surface area contributed by atoms with E-state index < -0.39 is 12.6 Å². The van der Waals surface area contributed by atoms with Gasteiger partial charge in [-0.3, -0.25) is 0 Å². The van der Waals surface area contributed by atoms with Crippen LogP contribution in [0.1, 0.15) is 19.8 Å². The number of hydrogen-bond acceptors (Lipinski definition) is 2. The number of alkyl halides is 3. The predicted molar refractivity (Wildman–Crippen MR) is 46.3 cm³/mol. The van der Waals surface area contributed by atoms with E-state index in [9.17, 15) is 13.2 Å². The van der Waals surface area contributed by atoms with Crippen LogP contribution in [0.5, 0.6) is 0 Å². The Balaban J connectivity index is 3.22. The number of nitrogens with two attached hydrogens (primary N) is 1. The number of halogens is 3. The van der Waals surface area contributed by atoms with E-state index in [1.165, 1.54) is 11.8 Å². The average Bonchev–Trinajstić information content (AvgIpc) is 1.96. The molecule has 0 aromatic rings. The highest BCUT2D eigenvalue weighted by Gasteiger charge is 2.25. The largest absolute Gasteiger partial charge is 0.389 e. The molecule has 0 bridgehead atoms. The number of hydrogen-bond donors (Lipinski definition) is 1. The van der Waals surface area contributed by atoms with E-state index in [1.54, 1.807) is 0 Å². The fraction of sp³-hybridized carbons (Fsp3) is 1.00. The Morgan fingerprint density at radius 2 is 2.00 bits per heavy atom. The predicted octanol–water partition coefficient (Wildman–Crippen LogP) is 2.41. The maximum Gasteiger partial charge on any atom is 0.389 e. The summed E-state index contributed by atoms with van der Waals surface area (Å²) in [4.78, 5) is 0. The lowest BCUT2D eigenvalue weighted by Gasteiger charge is -2.08. The molecule has 0 saturated heterocycles. The van der Waals surface area contributed by atoms with E-state index in [0.29, 0.717) is 12.3 Å². The van der Waals surface area contributed by atoms with Crippen molar-refractivity contribution in [2.24, 2.45) is 5.73 Å². The Morgan fingerprint density at radius 3 is 2.42 bits per heavy atom. The van der Waals surface area contributed by atoms with Crippen LogP contribution in [-0.2, 0) is 0 Å². The summed E-state index contributed by atoms with van der Waals surface area (Å²) in [5.41, 5.74) is 5.30. The van der Waals surface area contributed by atoms with Gasteiger partial charge in [-0.1, -0.05) is 6.92 Å². The number of rotatable bonds is 5. The Kier molecular flexibility index (Phi) is 5.74. The molecule has 1 unspecified atom stereocenters. The van der Waals surface area contributed by atoms with Crippen LogP contribution in [0.3, 0.4) is 0 Å². The molecule has 2 N–H and O–H groups in total. The van der Waals surface area contributed by atoms with E-state index in [4.69, 9.17) is 5.73 Å². The molecule has 0 aromatic heterocycles. The highest BCUT2D eigenvalue weighted by molar-refractivity contribution is 7.99. The van der Waals surface area contributed by atoms with Crippen LogP contribution in [0.2, 0.25) is 0 Å². The normalized spacial score (nSPS) is 14.8. The van der Waals surface area contributed by atoms with Crippen molar-refractivity contribution < 1.29 is 13.2 Å². The second-order valence-corrected chi connectivity index (χ2v) is 4.18. The van der Waals surface area contributed by atoms with Gasteiger partial charge in [-0.25, -0.2) is 0 Å². The molecule has 0 aliphatic heterocycles. The van der Waals surface area contributed by atoms with E-state index in [2.05, 4.69) is 0 Å². The second-order valence-electron chi connectivity index (χ2n) is 2.64. The Hall–Kier alpha value is 0.100. The molecule has 0 aromatic carbocycles. The summed E-state index contributed by atoms with van der Waals surface area (Å²) in [6.07, 6.45) is -4.50. The molecule has 0 aliphatic carbocycles. The zero-order valence-corrected chi connectivity index (χ0v) is 7.84. The molecule has 5 heteroatoms. The van der Waals surface area contributed by atoms with Crippen molar-refractivity contribution >= 4 is 11.8 Å². The van der Waals surface area contributed by atoms with Gasteiger partial charge in [0.2, 0.25) is 0 Å². The Labute approximate surface area is 74.9 Å². The molecule has 1 nitrogen and oxygen atoms in total. The van der Waals surface area contributed by atoms with Crippen LogP contribution < -0.4 is 5.73 Å². The first-order valence-electron chi connectivity index (χ1n) is 3.84. The summed E-state index contributed by atoms with van der Waals surface area (Å²) in [5, 5.41) is 0.262. The lowest BCUT2D eigenvalue weighted by Crippen LogP contribution is -2.13. The fourth-order valence-electron chi connectivity index (χ4n) is 0.625. The van der Waals surface area contributed by atoms with Crippen molar-refractivity contribution in [3.05, 3.63) is 0 Å². The third kappa shape index (κ3) is 8.20. The molecule has 12 heavy (non-hydrogen) atoms. The van der Waals surface area contributed by atoms with Crippen LogP contribution in [0, 0.1) is 0 Å². The van der Waals surface area contributed by atoms with Crippen LogP contribution >= 0.6 is 11.8 Å². The van der Waals surface area contributed by atoms with Crippen molar-refractivity contribution in [3.8, 4) is 0 Å². The van der Waals surface area contributed by atoms with Crippen LogP contribution in [0.4, 0.5) is 13.2 Å². The molecular formula is C7H14F3NS. The van der Waals surface area contributed by atoms with Gasteiger partial charge in [0.15, 0.2) is 0 Å². The van der Waals surface area contributed by atoms with Crippen molar-refractivity contribution in [1.82, 2.24) is 0 Å². The maximum atomic E-state index is 11.6. The van der Waals surface area contributed by atoms with Crippen molar-refractivity contribution in [1.29, 1.82) is 0 Å². The summed E-state index contributed by atoms with van der Waals surface area (Å²) >= 11 is 1.49. The monoisotopic (exact) mass is 201 g/mol. The molecule has 74 valence electrons. The zero-order valence-electron chi connectivity index (χ0n) is 7.03. The van der Waals surface area contributed by atoms with Gasteiger partial charge in [-0.2, -0.15) is 24.9 Å². The minimum absolute atomic E-state index is 0.193. The van der Waals surface area contributed by atoms with Crippen LogP contribution in [-0.4, -0.2) is 23.7 Å². The van der Waals surface area contributed by atoms with Gasteiger partial charge in [0.05, 0.1) is 0 Å². The zero-order chi connectivity index (χ0) is 9.61. The van der Waals surface area contributed by atoms with E-state index in [-0.39, 0.29) is 11.7 Å². The minimum atomic E-state index is -4.01. The topological polar surface area (TPSA) is 26.0 Å². The van der Waals surface area contributed by atoms with Crippen LogP contribution in [0.25, 0.3) is 0 Å². The third-order valence-corrected chi connectivity index (χ3v) is 2.62. The fourth-order valence-corrected chi connectivity index (χ4v) is 1.47. The molecule has 0 amide bonds. The molecule has 0 rings (SSSR count). The van der Waals surface area contributed by atoms with Gasteiger partial charge >= 0.3 is 6.18 Å². The number of thioether (sulfide) groups is 1. The van der Waals surface area contributed by atoms with E-state index in [1.807, 2.05) is 6.92 Å². The van der Waals surface area contributed by atoms with E-state index >= 15 is 0 Å². The minimum Gasteiger partial charge on any atom is -0.329 e. The first kappa shape index (κ1) is 12.1. The highest BCUT2D eigenvalue weighted by Crippen LogP contribution is 2.23. The van der Waals surface area contributed by atoms with Gasteiger partial charge in [0, 0.05) is 18.2 Å². The first-order valence-corrected chi connectivity index (χ1v) is 4.89. The summed E-state index contributed by atoms with van der Waals surface area (Å²) in [6, 6.07) is 0. The molecule has 0 fully saturated rings. The Morgan fingerprint density at radius 1 is 1.42 bits per heavy atom. The van der Waals surface area contributed by atoms with Crippen molar-refractivity contribution in [2.45, 2.75) is 31.2 Å². The van der Waals surface area contributed by atoms with Crippen molar-refractivity contribution in [2.75, 3.05) is 12.3 Å². The summed E-state index contributed by atoms with van der Waals surface area (Å²) < 4.78 is 34.9. The molecule has 0 aliphatic rings. The average molecular weight is 201 g/mol. The smallest absolute Gasteiger partial charge is 0.329 e. The molecule has 0 heterocycles. The van der Waals surface area contributed by atoms with Crippen molar-refractivity contribution in [3.63, 3.8) is 0 Å². The highest BCUT2D eigenvalue weighted by atomic mass is 32.2. The molecule has 0 radical (unpaired) electrons. The molecule has 0 spiro atoms. The van der Waals surface area contributed by atoms with Gasteiger partial charge < -0.3 is 5.73 Å². The van der Waals surface area contributed by atoms with E-state index in [0.717, 1.165) is 0 Å². The first-order chi connectivity index (χ1) is 5.45.